The molecule has 0 unspecified atom stereocenters. The van der Waals surface area contributed by atoms with Crippen LogP contribution >= 0.6 is 15.9 Å². The zero-order valence-electron chi connectivity index (χ0n) is 14.7. The van der Waals surface area contributed by atoms with E-state index in [1.54, 1.807) is 48.5 Å². The van der Waals surface area contributed by atoms with E-state index in [1.807, 2.05) is 0 Å². The van der Waals surface area contributed by atoms with Crippen LogP contribution in [0.1, 0.15) is 16.8 Å². The predicted octanol–water partition coefficient (Wildman–Crippen LogP) is 3.98. The topological polar surface area (TPSA) is 63.7 Å². The Balaban J connectivity index is 1.34. The van der Waals surface area contributed by atoms with Crippen LogP contribution in [0.5, 0.6) is 5.75 Å². The summed E-state index contributed by atoms with van der Waals surface area (Å²) >= 11 is 3.33. The van der Waals surface area contributed by atoms with Crippen molar-refractivity contribution >= 4 is 39.4 Å². The lowest BCUT2D eigenvalue weighted by molar-refractivity contribution is -0.123. The number of anilines is 1. The molecule has 2 fully saturated rings. The van der Waals surface area contributed by atoms with Gasteiger partial charge in [-0.05, 0) is 66.8 Å². The molecule has 5 rings (SSSR count). The molecule has 0 aromatic heterocycles. The molecule has 4 atom stereocenters. The second-order valence-corrected chi connectivity index (χ2v) is 8.32. The molecule has 2 aromatic carbocycles. The van der Waals surface area contributed by atoms with Crippen LogP contribution in [-0.2, 0) is 9.59 Å². The third kappa shape index (κ3) is 2.63. The van der Waals surface area contributed by atoms with E-state index < -0.39 is 5.97 Å². The van der Waals surface area contributed by atoms with Gasteiger partial charge in [-0.2, -0.15) is 0 Å². The van der Waals surface area contributed by atoms with Gasteiger partial charge in [0.2, 0.25) is 11.8 Å². The van der Waals surface area contributed by atoms with E-state index in [0.717, 1.165) is 10.9 Å². The van der Waals surface area contributed by atoms with Crippen molar-refractivity contribution in [1.29, 1.82) is 0 Å². The Morgan fingerprint density at radius 3 is 2.04 bits per heavy atom. The SMILES string of the molecule is O=C(Oc1ccc(Br)cc1)c1ccc(N2C(=O)[C@@H]3[C@H](C2=O)[C@H]2C=C[C@@H]3C2)cc1. The average molecular weight is 438 g/mol. The molecule has 2 aliphatic carbocycles. The lowest BCUT2D eigenvalue weighted by Gasteiger charge is -2.17. The van der Waals surface area contributed by atoms with Crippen molar-refractivity contribution in [3.05, 3.63) is 70.7 Å². The Kier molecular flexibility index (Phi) is 3.98. The van der Waals surface area contributed by atoms with Crippen LogP contribution < -0.4 is 9.64 Å². The fraction of sp³-hybridized carbons (Fsp3) is 0.227. The van der Waals surface area contributed by atoms with Gasteiger partial charge < -0.3 is 4.74 Å². The first-order valence-electron chi connectivity index (χ1n) is 9.17. The fourth-order valence-corrected chi connectivity index (χ4v) is 4.84. The van der Waals surface area contributed by atoms with Crippen molar-refractivity contribution in [3.8, 4) is 5.75 Å². The molecule has 6 heteroatoms. The normalized spacial score (nSPS) is 27.4. The molecular formula is C22H16BrNO4. The minimum absolute atomic E-state index is 0.128. The zero-order valence-corrected chi connectivity index (χ0v) is 16.3. The number of fused-ring (bicyclic) bond motifs is 5. The molecule has 5 nitrogen and oxygen atoms in total. The number of hydrogen-bond donors (Lipinski definition) is 0. The van der Waals surface area contributed by atoms with Crippen molar-refractivity contribution in [3.63, 3.8) is 0 Å². The molecule has 1 saturated heterocycles. The van der Waals surface area contributed by atoms with Crippen molar-refractivity contribution in [2.45, 2.75) is 6.42 Å². The van der Waals surface area contributed by atoms with Crippen molar-refractivity contribution in [1.82, 2.24) is 0 Å². The van der Waals surface area contributed by atoms with Gasteiger partial charge >= 0.3 is 5.97 Å². The molecule has 1 heterocycles. The molecule has 1 saturated carbocycles. The van der Waals surface area contributed by atoms with Crippen LogP contribution in [0, 0.1) is 23.7 Å². The molecule has 0 radical (unpaired) electrons. The zero-order chi connectivity index (χ0) is 19.4. The summed E-state index contributed by atoms with van der Waals surface area (Å²) in [5.41, 5.74) is 0.858. The molecule has 0 N–H and O–H groups in total. The fourth-order valence-electron chi connectivity index (χ4n) is 4.57. The Hall–Kier alpha value is -2.73. The van der Waals surface area contributed by atoms with Crippen molar-refractivity contribution < 1.29 is 19.1 Å². The van der Waals surface area contributed by atoms with Crippen LogP contribution in [0.3, 0.4) is 0 Å². The highest BCUT2D eigenvalue weighted by atomic mass is 79.9. The van der Waals surface area contributed by atoms with Crippen LogP contribution in [-0.4, -0.2) is 17.8 Å². The summed E-state index contributed by atoms with van der Waals surface area (Å²) in [5, 5.41) is 0. The first-order chi connectivity index (χ1) is 13.5. The number of carbonyl (C=O) groups is 3. The number of allylic oxidation sites excluding steroid dienone is 2. The van der Waals surface area contributed by atoms with Gasteiger partial charge in [-0.1, -0.05) is 28.1 Å². The number of hydrogen-bond acceptors (Lipinski definition) is 4. The first kappa shape index (κ1) is 17.4. The van der Waals surface area contributed by atoms with Gasteiger partial charge in [-0.25, -0.2) is 4.79 Å². The summed E-state index contributed by atoms with van der Waals surface area (Å²) in [5.74, 6) is -0.415. The maximum atomic E-state index is 12.9. The van der Waals surface area contributed by atoms with Crippen LogP contribution in [0.4, 0.5) is 5.69 Å². The summed E-state index contributed by atoms with van der Waals surface area (Å²) < 4.78 is 6.24. The van der Waals surface area contributed by atoms with Gasteiger partial charge in [0.15, 0.2) is 0 Å². The monoisotopic (exact) mass is 437 g/mol. The van der Waals surface area contributed by atoms with E-state index in [1.165, 1.54) is 4.90 Å². The van der Waals surface area contributed by atoms with Gasteiger partial charge in [0.05, 0.1) is 23.1 Å². The van der Waals surface area contributed by atoms with E-state index in [4.69, 9.17) is 4.74 Å². The van der Waals surface area contributed by atoms with Gasteiger partial charge in [-0.3, -0.25) is 14.5 Å². The second-order valence-electron chi connectivity index (χ2n) is 7.40. The lowest BCUT2D eigenvalue weighted by atomic mass is 9.85. The average Bonchev–Trinajstić information content (AvgIpc) is 3.38. The minimum Gasteiger partial charge on any atom is -0.423 e. The smallest absolute Gasteiger partial charge is 0.343 e. The molecule has 2 amide bonds. The Bertz CT molecular complexity index is 982. The van der Waals surface area contributed by atoms with Gasteiger partial charge in [0.1, 0.15) is 5.75 Å². The summed E-state index contributed by atoms with van der Waals surface area (Å²) in [6, 6.07) is 13.4. The maximum absolute atomic E-state index is 12.9. The quantitative estimate of drug-likeness (QED) is 0.315. The summed E-state index contributed by atoms with van der Waals surface area (Å²) in [6.45, 7) is 0. The molecule has 2 bridgehead atoms. The first-order valence-corrected chi connectivity index (χ1v) is 9.96. The number of amides is 2. The maximum Gasteiger partial charge on any atom is 0.343 e. The molecule has 28 heavy (non-hydrogen) atoms. The molecule has 0 spiro atoms. The number of esters is 1. The number of nitrogens with zero attached hydrogens (tertiary/aromatic N) is 1. The number of benzene rings is 2. The second kappa shape index (κ2) is 6.41. The lowest BCUT2D eigenvalue weighted by Crippen LogP contribution is -2.32. The molecule has 2 aromatic rings. The summed E-state index contributed by atoms with van der Waals surface area (Å²) in [4.78, 5) is 39.3. The van der Waals surface area contributed by atoms with Gasteiger partial charge in [-0.15, -0.1) is 0 Å². The summed E-state index contributed by atoms with van der Waals surface area (Å²) in [6.07, 6.45) is 5.05. The third-order valence-electron chi connectivity index (χ3n) is 5.86. The minimum atomic E-state index is -0.493. The van der Waals surface area contributed by atoms with E-state index in [2.05, 4.69) is 28.1 Å². The van der Waals surface area contributed by atoms with E-state index >= 15 is 0 Å². The van der Waals surface area contributed by atoms with Crippen LogP contribution in [0.25, 0.3) is 0 Å². The molecule has 1 aliphatic heterocycles. The Morgan fingerprint density at radius 2 is 1.46 bits per heavy atom. The van der Waals surface area contributed by atoms with Gasteiger partial charge in [0, 0.05) is 4.47 Å². The predicted molar refractivity (Wildman–Crippen MR) is 106 cm³/mol. The number of ether oxygens (including phenoxy) is 1. The Morgan fingerprint density at radius 1 is 0.893 bits per heavy atom. The Labute approximate surface area is 170 Å². The highest BCUT2D eigenvalue weighted by molar-refractivity contribution is 9.10. The van der Waals surface area contributed by atoms with E-state index in [-0.39, 0.29) is 35.5 Å². The molecular weight excluding hydrogens is 422 g/mol. The third-order valence-corrected chi connectivity index (χ3v) is 6.38. The number of carbonyl (C=O) groups excluding carboxylic acids is 3. The number of rotatable bonds is 3. The molecule has 140 valence electrons. The highest BCUT2D eigenvalue weighted by Crippen LogP contribution is 2.53. The largest absolute Gasteiger partial charge is 0.423 e. The number of imide groups is 1. The summed E-state index contributed by atoms with van der Waals surface area (Å²) in [7, 11) is 0. The van der Waals surface area contributed by atoms with Crippen LogP contribution in [0.2, 0.25) is 0 Å². The van der Waals surface area contributed by atoms with E-state index in [0.29, 0.717) is 17.0 Å². The standard InChI is InChI=1S/C22H16BrNO4/c23-15-5-9-17(10-6-15)28-22(27)12-3-7-16(8-4-12)24-20(25)18-13-1-2-14(11-13)19(18)21(24)26/h1-10,13-14,18-19H,11H2/t13-,14+,18+,19-. The van der Waals surface area contributed by atoms with Crippen molar-refractivity contribution in [2.75, 3.05) is 4.90 Å². The molecule has 3 aliphatic rings. The highest BCUT2D eigenvalue weighted by Gasteiger charge is 2.59. The number of halogens is 1. The van der Waals surface area contributed by atoms with Gasteiger partial charge in [0.25, 0.3) is 0 Å². The van der Waals surface area contributed by atoms with Crippen molar-refractivity contribution in [2.24, 2.45) is 23.7 Å². The van der Waals surface area contributed by atoms with E-state index in [9.17, 15) is 14.4 Å². The van der Waals surface area contributed by atoms with Crippen LogP contribution in [0.15, 0.2) is 65.2 Å².